The van der Waals surface area contributed by atoms with Crippen LogP contribution in [0.15, 0.2) is 25.3 Å². The van der Waals surface area contributed by atoms with Gasteiger partial charge in [0.25, 0.3) is 0 Å². The van der Waals surface area contributed by atoms with Crippen molar-refractivity contribution in [3.63, 3.8) is 0 Å². The average molecular weight is 445 g/mol. The van der Waals surface area contributed by atoms with Gasteiger partial charge in [0.15, 0.2) is 0 Å². The number of carboxylic acids is 2. The first-order valence-electron chi connectivity index (χ1n) is 11.8. The third-order valence-electron chi connectivity index (χ3n) is 4.36. The molecule has 0 fully saturated rings. The van der Waals surface area contributed by atoms with Crippen LogP contribution in [0, 0.1) is 0 Å². The molecule has 31 heavy (non-hydrogen) atoms. The second-order valence-electron chi connectivity index (χ2n) is 7.72. The van der Waals surface area contributed by atoms with Gasteiger partial charge >= 0.3 is 11.9 Å². The van der Waals surface area contributed by atoms with Crippen LogP contribution in [0.4, 0.5) is 0 Å². The SMILES string of the molecule is C=CCCCCCCCCC(=O)O.C=CCCCCCCCCC(=O)O.CC(O)CO. The molecule has 4 N–H and O–H groups in total. The Balaban J connectivity index is -0.000000416. The standard InChI is InChI=1S/2C11H20O2.C3H8O2/c2*1-2-3-4-5-6-7-8-9-10-11(12)13;1-3(5)2-4/h2*2H,1,3-10H2,(H,12,13);3-5H,2H2,1H3. The van der Waals surface area contributed by atoms with Crippen molar-refractivity contribution in [2.45, 2.75) is 116 Å². The Labute approximate surface area is 190 Å². The zero-order valence-corrected chi connectivity index (χ0v) is 19.8. The van der Waals surface area contributed by atoms with E-state index in [1.807, 2.05) is 12.2 Å². The Hall–Kier alpha value is -1.66. The fourth-order valence-electron chi connectivity index (χ4n) is 2.54. The van der Waals surface area contributed by atoms with Crippen molar-refractivity contribution >= 4 is 11.9 Å². The molecule has 0 heterocycles. The molecule has 0 aliphatic rings. The van der Waals surface area contributed by atoms with Gasteiger partial charge in [0.2, 0.25) is 0 Å². The molecule has 0 radical (unpaired) electrons. The number of allylic oxidation sites excluding steroid dienone is 2. The first kappa shape index (κ1) is 34.0. The van der Waals surface area contributed by atoms with Crippen molar-refractivity contribution in [1.29, 1.82) is 0 Å². The van der Waals surface area contributed by atoms with E-state index in [1.165, 1.54) is 58.3 Å². The van der Waals surface area contributed by atoms with Gasteiger partial charge in [-0.05, 0) is 45.4 Å². The number of rotatable bonds is 19. The largest absolute Gasteiger partial charge is 0.481 e. The molecule has 0 saturated carbocycles. The van der Waals surface area contributed by atoms with E-state index >= 15 is 0 Å². The molecule has 1 atom stereocenters. The van der Waals surface area contributed by atoms with E-state index in [-0.39, 0.29) is 6.61 Å². The van der Waals surface area contributed by atoms with Gasteiger partial charge in [-0.2, -0.15) is 0 Å². The normalized spacial score (nSPS) is 10.7. The van der Waals surface area contributed by atoms with Crippen LogP contribution in [0.1, 0.15) is 110 Å². The van der Waals surface area contributed by atoms with E-state index in [4.69, 9.17) is 20.4 Å². The molecule has 0 aromatic carbocycles. The van der Waals surface area contributed by atoms with Crippen LogP contribution in [0.5, 0.6) is 0 Å². The zero-order chi connectivity index (χ0) is 24.2. The van der Waals surface area contributed by atoms with Crippen molar-refractivity contribution in [3.05, 3.63) is 25.3 Å². The van der Waals surface area contributed by atoms with E-state index in [2.05, 4.69) is 13.2 Å². The summed E-state index contributed by atoms with van der Waals surface area (Å²) in [5, 5.41) is 32.8. The highest BCUT2D eigenvalue weighted by Crippen LogP contribution is 2.09. The van der Waals surface area contributed by atoms with E-state index in [9.17, 15) is 9.59 Å². The van der Waals surface area contributed by atoms with Gasteiger partial charge in [-0.25, -0.2) is 0 Å². The molecular weight excluding hydrogens is 396 g/mol. The number of hydrogen-bond acceptors (Lipinski definition) is 4. The lowest BCUT2D eigenvalue weighted by molar-refractivity contribution is -0.138. The van der Waals surface area contributed by atoms with Gasteiger partial charge in [0, 0.05) is 12.8 Å². The molecule has 0 spiro atoms. The van der Waals surface area contributed by atoms with Crippen LogP contribution in [0.3, 0.4) is 0 Å². The number of carbonyl (C=O) groups is 2. The molecule has 0 aromatic heterocycles. The molecular formula is C25H48O6. The Bertz CT molecular complexity index is 373. The van der Waals surface area contributed by atoms with Crippen LogP contribution >= 0.6 is 0 Å². The predicted molar refractivity (Wildman–Crippen MR) is 128 cm³/mol. The predicted octanol–water partition coefficient (Wildman–Crippen LogP) is 6.12. The Morgan fingerprint density at radius 1 is 0.677 bits per heavy atom. The van der Waals surface area contributed by atoms with Crippen LogP contribution < -0.4 is 0 Å². The summed E-state index contributed by atoms with van der Waals surface area (Å²) in [6, 6.07) is 0. The maximum atomic E-state index is 10.2. The second kappa shape index (κ2) is 30.5. The van der Waals surface area contributed by atoms with Gasteiger partial charge in [-0.1, -0.05) is 63.5 Å². The number of aliphatic hydroxyl groups is 2. The average Bonchev–Trinajstić information content (AvgIpc) is 2.72. The summed E-state index contributed by atoms with van der Waals surface area (Å²) in [6.45, 7) is 8.71. The van der Waals surface area contributed by atoms with Crippen LogP contribution in [0.2, 0.25) is 0 Å². The Morgan fingerprint density at radius 2 is 0.935 bits per heavy atom. The number of aliphatic hydroxyl groups excluding tert-OH is 2. The molecule has 0 aliphatic carbocycles. The number of hydrogen-bond donors (Lipinski definition) is 4. The van der Waals surface area contributed by atoms with Gasteiger partial charge in [0.1, 0.15) is 0 Å². The smallest absolute Gasteiger partial charge is 0.303 e. The number of carboxylic acid groups (broad SMARTS) is 2. The molecule has 6 nitrogen and oxygen atoms in total. The lowest BCUT2D eigenvalue weighted by Gasteiger charge is -1.98. The molecule has 0 saturated heterocycles. The molecule has 1 unspecified atom stereocenters. The Morgan fingerprint density at radius 3 is 1.16 bits per heavy atom. The van der Waals surface area contributed by atoms with Crippen molar-refractivity contribution in [3.8, 4) is 0 Å². The van der Waals surface area contributed by atoms with Gasteiger partial charge in [-0.3, -0.25) is 9.59 Å². The van der Waals surface area contributed by atoms with Crippen molar-refractivity contribution in [2.24, 2.45) is 0 Å². The summed E-state index contributed by atoms with van der Waals surface area (Å²) in [4.78, 5) is 20.3. The monoisotopic (exact) mass is 444 g/mol. The first-order chi connectivity index (χ1) is 14.8. The fourth-order valence-corrected chi connectivity index (χ4v) is 2.54. The third-order valence-corrected chi connectivity index (χ3v) is 4.36. The lowest BCUT2D eigenvalue weighted by atomic mass is 10.1. The maximum Gasteiger partial charge on any atom is 0.303 e. The van der Waals surface area contributed by atoms with E-state index in [0.717, 1.165) is 38.5 Å². The van der Waals surface area contributed by atoms with Gasteiger partial charge in [-0.15, -0.1) is 13.2 Å². The van der Waals surface area contributed by atoms with Crippen molar-refractivity contribution in [1.82, 2.24) is 0 Å². The van der Waals surface area contributed by atoms with E-state index < -0.39 is 18.0 Å². The first-order valence-corrected chi connectivity index (χ1v) is 11.8. The summed E-state index contributed by atoms with van der Waals surface area (Å²) in [5.41, 5.74) is 0. The number of unbranched alkanes of at least 4 members (excludes halogenated alkanes) is 12. The summed E-state index contributed by atoms with van der Waals surface area (Å²) >= 11 is 0. The minimum atomic E-state index is -0.674. The van der Waals surface area contributed by atoms with Crippen LogP contribution in [-0.4, -0.2) is 45.1 Å². The minimum absolute atomic E-state index is 0.139. The number of aliphatic carboxylic acids is 2. The minimum Gasteiger partial charge on any atom is -0.481 e. The summed E-state index contributed by atoms with van der Waals surface area (Å²) < 4.78 is 0. The van der Waals surface area contributed by atoms with Crippen molar-refractivity contribution < 1.29 is 30.0 Å². The molecule has 0 aromatic rings. The van der Waals surface area contributed by atoms with Crippen LogP contribution in [0.25, 0.3) is 0 Å². The fraction of sp³-hybridized carbons (Fsp3) is 0.760. The van der Waals surface area contributed by atoms with E-state index in [0.29, 0.717) is 12.8 Å². The molecule has 0 rings (SSSR count). The highest BCUT2D eigenvalue weighted by atomic mass is 16.4. The van der Waals surface area contributed by atoms with Crippen molar-refractivity contribution in [2.75, 3.05) is 6.61 Å². The molecule has 6 heteroatoms. The summed E-state index contributed by atoms with van der Waals surface area (Å²) in [7, 11) is 0. The van der Waals surface area contributed by atoms with E-state index in [1.54, 1.807) is 0 Å². The van der Waals surface area contributed by atoms with Gasteiger partial charge < -0.3 is 20.4 Å². The lowest BCUT2D eigenvalue weighted by Crippen LogP contribution is -2.03. The van der Waals surface area contributed by atoms with Crippen LogP contribution in [-0.2, 0) is 9.59 Å². The molecule has 0 amide bonds. The molecule has 184 valence electrons. The maximum absolute atomic E-state index is 10.2. The highest BCUT2D eigenvalue weighted by Gasteiger charge is 1.96. The zero-order valence-electron chi connectivity index (χ0n) is 19.8. The Kier molecular flexibility index (Phi) is 33.5. The third kappa shape index (κ3) is 47.5. The second-order valence-corrected chi connectivity index (χ2v) is 7.72. The summed E-state index contributed by atoms with van der Waals surface area (Å²) in [6.07, 6.45) is 19.7. The van der Waals surface area contributed by atoms with Gasteiger partial charge in [0.05, 0.1) is 12.7 Å². The summed E-state index contributed by atoms with van der Waals surface area (Å²) in [5.74, 6) is -1.35. The highest BCUT2D eigenvalue weighted by molar-refractivity contribution is 5.66. The quantitative estimate of drug-likeness (QED) is 0.141. The molecule has 0 bridgehead atoms. The molecule has 0 aliphatic heterocycles. The topological polar surface area (TPSA) is 115 Å².